The fourth-order valence-electron chi connectivity index (χ4n) is 2.58. The summed E-state index contributed by atoms with van der Waals surface area (Å²) in [6, 6.07) is 6.43. The van der Waals surface area contributed by atoms with Crippen LogP contribution >= 0.6 is 0 Å². The van der Waals surface area contributed by atoms with E-state index in [1.54, 1.807) is 17.0 Å². The molecular weight excluding hydrogens is 243 g/mol. The second-order valence-corrected chi connectivity index (χ2v) is 5.04. The number of hydrogen-bond acceptors (Lipinski definition) is 1. The van der Waals surface area contributed by atoms with Crippen molar-refractivity contribution in [3.05, 3.63) is 35.6 Å². The molecule has 1 fully saturated rings. The number of carbonyl (C=O) groups excluding carboxylic acids is 1. The minimum absolute atomic E-state index is 0.0333. The van der Waals surface area contributed by atoms with E-state index in [4.69, 9.17) is 0 Å². The topological polar surface area (TPSA) is 32.3 Å². The molecule has 0 heterocycles. The Kier molecular flexibility index (Phi) is 4.08. The number of rotatable bonds is 4. The Bertz CT molecular complexity index is 436. The van der Waals surface area contributed by atoms with Crippen molar-refractivity contribution in [2.45, 2.75) is 38.6 Å². The fourth-order valence-corrected chi connectivity index (χ4v) is 2.58. The molecule has 1 aliphatic carbocycles. The monoisotopic (exact) mass is 264 g/mol. The van der Waals surface area contributed by atoms with Gasteiger partial charge in [-0.05, 0) is 50.8 Å². The van der Waals surface area contributed by atoms with E-state index < -0.39 is 0 Å². The Labute approximate surface area is 113 Å². The standard InChI is InChI=1S/C15H21FN2O/c1-3-18(4-2)14(19)17-15(10-5-11-15)12-6-8-13(16)9-7-12/h6-9H,3-5,10-11H2,1-2H3,(H,17,19). The first-order chi connectivity index (χ1) is 9.11. The van der Waals surface area contributed by atoms with Gasteiger partial charge in [0.1, 0.15) is 5.82 Å². The molecule has 2 rings (SSSR count). The number of amides is 2. The van der Waals surface area contributed by atoms with Crippen molar-refractivity contribution in [2.24, 2.45) is 0 Å². The first-order valence-corrected chi connectivity index (χ1v) is 6.94. The molecule has 4 heteroatoms. The predicted molar refractivity (Wildman–Crippen MR) is 73.4 cm³/mol. The average molecular weight is 264 g/mol. The summed E-state index contributed by atoms with van der Waals surface area (Å²) in [6.45, 7) is 5.33. The van der Waals surface area contributed by atoms with Gasteiger partial charge in [0, 0.05) is 13.1 Å². The maximum atomic E-state index is 13.0. The van der Waals surface area contributed by atoms with Crippen molar-refractivity contribution in [1.82, 2.24) is 10.2 Å². The highest BCUT2D eigenvalue weighted by Crippen LogP contribution is 2.41. The van der Waals surface area contributed by atoms with Gasteiger partial charge >= 0.3 is 6.03 Å². The van der Waals surface area contributed by atoms with Crippen LogP contribution in [-0.4, -0.2) is 24.0 Å². The molecule has 1 saturated carbocycles. The molecule has 2 amide bonds. The lowest BCUT2D eigenvalue weighted by atomic mass is 9.72. The predicted octanol–water partition coefficient (Wildman–Crippen LogP) is 3.26. The zero-order chi connectivity index (χ0) is 13.9. The highest BCUT2D eigenvalue weighted by atomic mass is 19.1. The highest BCUT2D eigenvalue weighted by molar-refractivity contribution is 5.75. The van der Waals surface area contributed by atoms with E-state index in [1.807, 2.05) is 13.8 Å². The quantitative estimate of drug-likeness (QED) is 0.889. The molecule has 1 aliphatic rings. The van der Waals surface area contributed by atoms with Gasteiger partial charge in [0.25, 0.3) is 0 Å². The summed E-state index contributed by atoms with van der Waals surface area (Å²) in [4.78, 5) is 14.0. The third-order valence-corrected chi connectivity index (χ3v) is 4.00. The van der Waals surface area contributed by atoms with E-state index in [-0.39, 0.29) is 17.4 Å². The number of nitrogens with zero attached hydrogens (tertiary/aromatic N) is 1. The molecule has 0 bridgehead atoms. The van der Waals surface area contributed by atoms with Crippen molar-refractivity contribution < 1.29 is 9.18 Å². The Balaban J connectivity index is 2.15. The maximum Gasteiger partial charge on any atom is 0.318 e. The third-order valence-electron chi connectivity index (χ3n) is 4.00. The second-order valence-electron chi connectivity index (χ2n) is 5.04. The fraction of sp³-hybridized carbons (Fsp3) is 0.533. The van der Waals surface area contributed by atoms with Crippen LogP contribution in [-0.2, 0) is 5.54 Å². The summed E-state index contributed by atoms with van der Waals surface area (Å²) in [5, 5.41) is 3.13. The van der Waals surface area contributed by atoms with Gasteiger partial charge in [-0.3, -0.25) is 0 Å². The molecule has 1 N–H and O–H groups in total. The van der Waals surface area contributed by atoms with Gasteiger partial charge in [-0.1, -0.05) is 12.1 Å². The molecule has 0 unspecified atom stereocenters. The number of benzene rings is 1. The van der Waals surface area contributed by atoms with Crippen LogP contribution in [0.4, 0.5) is 9.18 Å². The molecule has 0 spiro atoms. The molecule has 19 heavy (non-hydrogen) atoms. The van der Waals surface area contributed by atoms with Crippen molar-refractivity contribution >= 4 is 6.03 Å². The summed E-state index contributed by atoms with van der Waals surface area (Å²) < 4.78 is 13.0. The van der Waals surface area contributed by atoms with E-state index in [9.17, 15) is 9.18 Å². The Morgan fingerprint density at radius 2 is 1.84 bits per heavy atom. The number of hydrogen-bond donors (Lipinski definition) is 1. The molecule has 1 aromatic carbocycles. The Morgan fingerprint density at radius 1 is 1.26 bits per heavy atom. The van der Waals surface area contributed by atoms with Crippen LogP contribution in [0.5, 0.6) is 0 Å². The largest absolute Gasteiger partial charge is 0.328 e. The zero-order valence-corrected chi connectivity index (χ0v) is 11.6. The first-order valence-electron chi connectivity index (χ1n) is 6.94. The summed E-state index contributed by atoms with van der Waals surface area (Å²) >= 11 is 0. The lowest BCUT2D eigenvalue weighted by molar-refractivity contribution is 0.152. The molecule has 3 nitrogen and oxygen atoms in total. The van der Waals surface area contributed by atoms with Gasteiger partial charge < -0.3 is 10.2 Å². The van der Waals surface area contributed by atoms with Gasteiger partial charge in [-0.15, -0.1) is 0 Å². The van der Waals surface area contributed by atoms with Gasteiger partial charge in [0.2, 0.25) is 0 Å². The van der Waals surface area contributed by atoms with Crippen LogP contribution in [0.3, 0.4) is 0 Å². The summed E-state index contributed by atoms with van der Waals surface area (Å²) in [7, 11) is 0. The summed E-state index contributed by atoms with van der Waals surface area (Å²) in [5.74, 6) is -0.242. The minimum Gasteiger partial charge on any atom is -0.328 e. The number of carbonyl (C=O) groups is 1. The van der Waals surface area contributed by atoms with Gasteiger partial charge in [-0.2, -0.15) is 0 Å². The summed E-state index contributed by atoms with van der Waals surface area (Å²) in [6.07, 6.45) is 2.94. The normalized spacial score (nSPS) is 16.6. The van der Waals surface area contributed by atoms with Gasteiger partial charge in [0.05, 0.1) is 5.54 Å². The van der Waals surface area contributed by atoms with Crippen LogP contribution in [0.2, 0.25) is 0 Å². The first kappa shape index (κ1) is 13.8. The minimum atomic E-state index is -0.298. The van der Waals surface area contributed by atoms with Crippen LogP contribution in [0.15, 0.2) is 24.3 Å². The van der Waals surface area contributed by atoms with Crippen molar-refractivity contribution in [3.8, 4) is 0 Å². The van der Waals surface area contributed by atoms with Crippen LogP contribution in [0.1, 0.15) is 38.7 Å². The zero-order valence-electron chi connectivity index (χ0n) is 11.6. The van der Waals surface area contributed by atoms with E-state index >= 15 is 0 Å². The number of halogens is 1. The van der Waals surface area contributed by atoms with Crippen LogP contribution in [0.25, 0.3) is 0 Å². The average Bonchev–Trinajstić information content (AvgIpc) is 2.36. The molecule has 0 radical (unpaired) electrons. The van der Waals surface area contributed by atoms with Crippen LogP contribution < -0.4 is 5.32 Å². The Morgan fingerprint density at radius 3 is 2.26 bits per heavy atom. The molecule has 104 valence electrons. The number of nitrogens with one attached hydrogen (secondary N) is 1. The molecular formula is C15H21FN2O. The molecule has 1 aromatic rings. The molecule has 0 saturated heterocycles. The van der Waals surface area contributed by atoms with E-state index in [0.29, 0.717) is 13.1 Å². The van der Waals surface area contributed by atoms with Gasteiger partial charge in [0.15, 0.2) is 0 Å². The van der Waals surface area contributed by atoms with Crippen molar-refractivity contribution in [3.63, 3.8) is 0 Å². The summed E-state index contributed by atoms with van der Waals surface area (Å²) in [5.41, 5.74) is 0.702. The van der Waals surface area contributed by atoms with Crippen molar-refractivity contribution in [1.29, 1.82) is 0 Å². The second kappa shape index (κ2) is 5.59. The van der Waals surface area contributed by atoms with Crippen LogP contribution in [0, 0.1) is 5.82 Å². The lowest BCUT2D eigenvalue weighted by Crippen LogP contribution is -2.54. The van der Waals surface area contributed by atoms with Crippen molar-refractivity contribution in [2.75, 3.05) is 13.1 Å². The smallest absolute Gasteiger partial charge is 0.318 e. The Hall–Kier alpha value is -1.58. The van der Waals surface area contributed by atoms with E-state index in [0.717, 1.165) is 24.8 Å². The SMILES string of the molecule is CCN(CC)C(=O)NC1(c2ccc(F)cc2)CCC1. The number of urea groups is 1. The maximum absolute atomic E-state index is 13.0. The molecule has 0 aliphatic heterocycles. The molecule has 0 atom stereocenters. The third kappa shape index (κ3) is 2.72. The van der Waals surface area contributed by atoms with E-state index in [2.05, 4.69) is 5.32 Å². The van der Waals surface area contributed by atoms with Gasteiger partial charge in [-0.25, -0.2) is 9.18 Å². The molecule has 0 aromatic heterocycles. The van der Waals surface area contributed by atoms with E-state index in [1.165, 1.54) is 12.1 Å². The lowest BCUT2D eigenvalue weighted by Gasteiger charge is -2.44. The highest BCUT2D eigenvalue weighted by Gasteiger charge is 2.40.